The van der Waals surface area contributed by atoms with Crippen molar-refractivity contribution in [3.05, 3.63) is 0 Å². The van der Waals surface area contributed by atoms with Crippen molar-refractivity contribution in [2.45, 2.75) is 85.5 Å². The van der Waals surface area contributed by atoms with E-state index in [-0.39, 0.29) is 5.41 Å². The highest BCUT2D eigenvalue weighted by atomic mass is 16.2. The predicted molar refractivity (Wildman–Crippen MR) is 92.3 cm³/mol. The van der Waals surface area contributed by atoms with Crippen LogP contribution in [0.15, 0.2) is 0 Å². The van der Waals surface area contributed by atoms with E-state index in [9.17, 15) is 4.79 Å². The van der Waals surface area contributed by atoms with Gasteiger partial charge in [-0.2, -0.15) is 0 Å². The smallest absolute Gasteiger partial charge is 0.222 e. The van der Waals surface area contributed by atoms with E-state index in [1.165, 1.54) is 25.7 Å². The van der Waals surface area contributed by atoms with E-state index in [1.807, 2.05) is 0 Å². The topological polar surface area (TPSA) is 46.3 Å². The number of amides is 1. The minimum absolute atomic E-state index is 0.183. The number of hydrogen-bond acceptors (Lipinski definition) is 2. The van der Waals surface area contributed by atoms with E-state index >= 15 is 0 Å². The number of nitrogens with two attached hydrogens (primary N) is 1. The average molecular weight is 299 g/mol. The second kappa shape index (κ2) is 12.0. The number of rotatable bonds is 13. The summed E-state index contributed by atoms with van der Waals surface area (Å²) >= 11 is 0. The van der Waals surface area contributed by atoms with Gasteiger partial charge >= 0.3 is 0 Å². The molecule has 0 aliphatic heterocycles. The van der Waals surface area contributed by atoms with Gasteiger partial charge in [0.05, 0.1) is 0 Å². The van der Waals surface area contributed by atoms with E-state index in [1.54, 1.807) is 0 Å². The maximum atomic E-state index is 12.5. The lowest BCUT2D eigenvalue weighted by Crippen LogP contribution is -2.33. The third-order valence-electron chi connectivity index (χ3n) is 4.25. The van der Waals surface area contributed by atoms with Gasteiger partial charge in [0.25, 0.3) is 0 Å². The molecule has 0 aromatic carbocycles. The van der Waals surface area contributed by atoms with Gasteiger partial charge in [-0.15, -0.1) is 0 Å². The Balaban J connectivity index is 4.27. The van der Waals surface area contributed by atoms with Crippen molar-refractivity contribution in [2.24, 2.45) is 11.1 Å². The lowest BCUT2D eigenvalue weighted by atomic mass is 9.84. The molecule has 0 rings (SSSR count). The molecule has 1 amide bonds. The maximum Gasteiger partial charge on any atom is 0.222 e. The molecule has 2 N–H and O–H groups in total. The molecule has 0 saturated heterocycles. The fourth-order valence-corrected chi connectivity index (χ4v) is 2.59. The molecular weight excluding hydrogens is 260 g/mol. The molecular formula is C18H38N2O. The zero-order valence-corrected chi connectivity index (χ0v) is 14.9. The summed E-state index contributed by atoms with van der Waals surface area (Å²) < 4.78 is 0. The maximum absolute atomic E-state index is 12.5. The Kier molecular flexibility index (Phi) is 11.7. The summed E-state index contributed by atoms with van der Waals surface area (Å²) in [5.41, 5.74) is 5.83. The first kappa shape index (κ1) is 20.4. The molecule has 0 aromatic rings. The summed E-state index contributed by atoms with van der Waals surface area (Å²) in [6, 6.07) is 0. The van der Waals surface area contributed by atoms with Crippen LogP contribution >= 0.6 is 0 Å². The van der Waals surface area contributed by atoms with Crippen molar-refractivity contribution in [2.75, 3.05) is 19.6 Å². The third kappa shape index (κ3) is 10.8. The van der Waals surface area contributed by atoms with Gasteiger partial charge in [0, 0.05) is 19.5 Å². The Morgan fingerprint density at radius 1 is 0.952 bits per heavy atom. The summed E-state index contributed by atoms with van der Waals surface area (Å²) in [6.07, 6.45) is 9.74. The molecule has 0 atom stereocenters. The fourth-order valence-electron chi connectivity index (χ4n) is 2.59. The third-order valence-corrected chi connectivity index (χ3v) is 4.25. The molecule has 0 heterocycles. The second-order valence-electron chi connectivity index (χ2n) is 7.00. The molecule has 0 fully saturated rings. The SMILES string of the molecule is CCCCCN(CCCCC)C(=O)CCC(C)(C)CCN. The van der Waals surface area contributed by atoms with Crippen LogP contribution in [0.2, 0.25) is 0 Å². The molecule has 0 saturated carbocycles. The Hall–Kier alpha value is -0.570. The number of carbonyl (C=O) groups excluding carboxylic acids is 1. The van der Waals surface area contributed by atoms with E-state index in [0.29, 0.717) is 18.9 Å². The minimum Gasteiger partial charge on any atom is -0.343 e. The van der Waals surface area contributed by atoms with Gasteiger partial charge < -0.3 is 10.6 Å². The van der Waals surface area contributed by atoms with Crippen LogP contribution in [0.1, 0.15) is 85.5 Å². The Morgan fingerprint density at radius 3 is 1.90 bits per heavy atom. The van der Waals surface area contributed by atoms with Crippen molar-refractivity contribution in [1.82, 2.24) is 4.90 Å². The largest absolute Gasteiger partial charge is 0.343 e. The molecule has 3 heteroatoms. The van der Waals surface area contributed by atoms with Crippen molar-refractivity contribution in [1.29, 1.82) is 0 Å². The van der Waals surface area contributed by atoms with Crippen LogP contribution in [0, 0.1) is 5.41 Å². The highest BCUT2D eigenvalue weighted by Crippen LogP contribution is 2.26. The minimum atomic E-state index is 0.183. The molecule has 21 heavy (non-hydrogen) atoms. The molecule has 0 unspecified atom stereocenters. The van der Waals surface area contributed by atoms with Crippen LogP contribution in [-0.4, -0.2) is 30.4 Å². The van der Waals surface area contributed by atoms with Gasteiger partial charge in [-0.1, -0.05) is 53.4 Å². The number of hydrogen-bond donors (Lipinski definition) is 1. The normalized spacial score (nSPS) is 11.7. The van der Waals surface area contributed by atoms with E-state index in [4.69, 9.17) is 5.73 Å². The van der Waals surface area contributed by atoms with Crippen molar-refractivity contribution in [3.8, 4) is 0 Å². The second-order valence-corrected chi connectivity index (χ2v) is 7.00. The molecule has 0 bridgehead atoms. The van der Waals surface area contributed by atoms with Gasteiger partial charge in [-0.25, -0.2) is 0 Å². The lowest BCUT2D eigenvalue weighted by molar-refractivity contribution is -0.132. The summed E-state index contributed by atoms with van der Waals surface area (Å²) in [4.78, 5) is 14.6. The van der Waals surface area contributed by atoms with Crippen LogP contribution in [0.5, 0.6) is 0 Å². The highest BCUT2D eigenvalue weighted by Gasteiger charge is 2.20. The Morgan fingerprint density at radius 2 is 1.48 bits per heavy atom. The van der Waals surface area contributed by atoms with E-state index in [2.05, 4.69) is 32.6 Å². The van der Waals surface area contributed by atoms with Gasteiger partial charge in [0.15, 0.2) is 0 Å². The first-order valence-corrected chi connectivity index (χ1v) is 8.94. The van der Waals surface area contributed by atoms with Gasteiger partial charge in [-0.05, 0) is 37.6 Å². The lowest BCUT2D eigenvalue weighted by Gasteiger charge is -2.27. The fraction of sp³-hybridized carbons (Fsp3) is 0.944. The van der Waals surface area contributed by atoms with Crippen LogP contribution in [0.25, 0.3) is 0 Å². The molecule has 0 aliphatic rings. The van der Waals surface area contributed by atoms with Crippen LogP contribution < -0.4 is 5.73 Å². The number of unbranched alkanes of at least 4 members (excludes halogenated alkanes) is 4. The predicted octanol–water partition coefficient (Wildman–Crippen LogP) is 4.35. The summed E-state index contributed by atoms with van der Waals surface area (Å²) in [5, 5.41) is 0. The first-order valence-electron chi connectivity index (χ1n) is 8.94. The van der Waals surface area contributed by atoms with Crippen LogP contribution in [0.4, 0.5) is 0 Å². The molecule has 126 valence electrons. The summed E-state index contributed by atoms with van der Waals surface area (Å²) in [5.74, 6) is 0.340. The van der Waals surface area contributed by atoms with Crippen LogP contribution in [-0.2, 0) is 4.79 Å². The van der Waals surface area contributed by atoms with E-state index < -0.39 is 0 Å². The molecule has 0 aromatic heterocycles. The molecule has 0 spiro atoms. The molecule has 3 nitrogen and oxygen atoms in total. The quantitative estimate of drug-likeness (QED) is 0.514. The van der Waals surface area contributed by atoms with Crippen LogP contribution in [0.3, 0.4) is 0 Å². The monoisotopic (exact) mass is 298 g/mol. The molecule has 0 aliphatic carbocycles. The van der Waals surface area contributed by atoms with Gasteiger partial charge in [0.2, 0.25) is 5.91 Å². The Bertz CT molecular complexity index is 254. The van der Waals surface area contributed by atoms with Crippen molar-refractivity contribution in [3.63, 3.8) is 0 Å². The average Bonchev–Trinajstić information content (AvgIpc) is 2.43. The standard InChI is InChI=1S/C18H38N2O/c1-5-7-9-15-20(16-10-8-6-2)17(21)11-12-18(3,4)13-14-19/h5-16,19H2,1-4H3. The first-order chi connectivity index (χ1) is 9.96. The Labute approximate surface area is 132 Å². The highest BCUT2D eigenvalue weighted by molar-refractivity contribution is 5.76. The summed E-state index contributed by atoms with van der Waals surface area (Å²) in [6.45, 7) is 11.4. The van der Waals surface area contributed by atoms with E-state index in [0.717, 1.165) is 38.8 Å². The van der Waals surface area contributed by atoms with Gasteiger partial charge in [-0.3, -0.25) is 4.79 Å². The zero-order chi connectivity index (χ0) is 16.1. The van der Waals surface area contributed by atoms with Crippen molar-refractivity contribution < 1.29 is 4.79 Å². The van der Waals surface area contributed by atoms with Crippen molar-refractivity contribution >= 4 is 5.91 Å². The number of carbonyl (C=O) groups is 1. The number of nitrogens with zero attached hydrogens (tertiary/aromatic N) is 1. The molecule has 0 radical (unpaired) electrons. The zero-order valence-electron chi connectivity index (χ0n) is 14.9. The summed E-state index contributed by atoms with van der Waals surface area (Å²) in [7, 11) is 0. The van der Waals surface area contributed by atoms with Gasteiger partial charge in [0.1, 0.15) is 0 Å².